The van der Waals surface area contributed by atoms with E-state index in [2.05, 4.69) is 0 Å². The van der Waals surface area contributed by atoms with Crippen LogP contribution in [0.5, 0.6) is 0 Å². The molecule has 180 valence electrons. The van der Waals surface area contributed by atoms with Crippen molar-refractivity contribution >= 4 is 21.3 Å². The standard InChI is InChI=1S/C22H28F4O4S2/c1-10(2)13-8-14(11(3)4)18(15(9-13)12(5)6)31(27)21-17(24)16(23)19(32(28,29)30)20(25)22(21,7)26/h8-12,20H,1-7H3,(H,28,29,30). The Bertz CT molecular complexity index is 1040. The van der Waals surface area contributed by atoms with E-state index in [1.165, 1.54) is 0 Å². The summed E-state index contributed by atoms with van der Waals surface area (Å²) >= 11 is -2.70. The Hall–Kier alpha value is -1.36. The molecule has 0 radical (unpaired) electrons. The molecule has 2 rings (SSSR count). The van der Waals surface area contributed by atoms with Crippen LogP contribution in [0, 0.1) is 0 Å². The van der Waals surface area contributed by atoms with Gasteiger partial charge in [0, 0.05) is 22.3 Å². The molecule has 0 bridgehead atoms. The number of allylic oxidation sites excluding steroid dienone is 4. The van der Waals surface area contributed by atoms with Gasteiger partial charge in [-0.3, -0.25) is 4.55 Å². The number of rotatable bonds is 6. The molecule has 1 aromatic rings. The van der Waals surface area contributed by atoms with E-state index >= 15 is 4.39 Å². The lowest BCUT2D eigenvalue weighted by atomic mass is 9.89. The largest absolute Gasteiger partial charge is 0.607 e. The molecule has 1 aliphatic carbocycles. The SMILES string of the molecule is CC(C)c1cc(C(C)C)c([S+]([O-])C2=C(F)C(F)=C(S(=O)(=O)O)C(F)C2(C)F)c(C(C)C)c1. The van der Waals surface area contributed by atoms with Gasteiger partial charge in [0.15, 0.2) is 16.9 Å². The first-order chi connectivity index (χ1) is 14.4. The van der Waals surface area contributed by atoms with Gasteiger partial charge in [0.25, 0.3) is 10.1 Å². The summed E-state index contributed by atoms with van der Waals surface area (Å²) < 4.78 is 105. The summed E-state index contributed by atoms with van der Waals surface area (Å²) in [5, 5.41) is 0. The van der Waals surface area contributed by atoms with Gasteiger partial charge in [0.05, 0.1) is 0 Å². The minimum atomic E-state index is -5.58. The van der Waals surface area contributed by atoms with E-state index in [4.69, 9.17) is 4.55 Å². The van der Waals surface area contributed by atoms with Crippen molar-refractivity contribution in [3.8, 4) is 0 Å². The number of hydrogen-bond donors (Lipinski definition) is 1. The summed E-state index contributed by atoms with van der Waals surface area (Å²) in [7, 11) is -5.58. The lowest BCUT2D eigenvalue weighted by Crippen LogP contribution is -2.43. The average molecular weight is 497 g/mol. The first-order valence-corrected chi connectivity index (χ1v) is 12.7. The number of alkyl halides is 2. The highest BCUT2D eigenvalue weighted by Crippen LogP contribution is 2.50. The van der Waals surface area contributed by atoms with Crippen LogP contribution in [0.3, 0.4) is 0 Å². The molecule has 0 saturated carbocycles. The monoisotopic (exact) mass is 496 g/mol. The van der Waals surface area contributed by atoms with Crippen LogP contribution in [0.1, 0.15) is 82.9 Å². The topological polar surface area (TPSA) is 77.4 Å². The molecule has 1 aromatic carbocycles. The van der Waals surface area contributed by atoms with Gasteiger partial charge < -0.3 is 4.55 Å². The van der Waals surface area contributed by atoms with Crippen molar-refractivity contribution in [2.75, 3.05) is 0 Å². The van der Waals surface area contributed by atoms with Gasteiger partial charge in [0.2, 0.25) is 16.4 Å². The number of hydrogen-bond acceptors (Lipinski definition) is 3. The van der Waals surface area contributed by atoms with Gasteiger partial charge in [-0.25, -0.2) is 13.2 Å². The molecule has 0 spiro atoms. The van der Waals surface area contributed by atoms with Crippen LogP contribution >= 0.6 is 0 Å². The number of halogens is 4. The molecule has 0 saturated heterocycles. The zero-order valence-corrected chi connectivity index (χ0v) is 20.6. The fourth-order valence-corrected chi connectivity index (χ4v) is 6.35. The first kappa shape index (κ1) is 26.9. The molecule has 1 aliphatic rings. The van der Waals surface area contributed by atoms with E-state index in [0.29, 0.717) is 18.1 Å². The van der Waals surface area contributed by atoms with Crippen LogP contribution in [0.25, 0.3) is 0 Å². The summed E-state index contributed by atoms with van der Waals surface area (Å²) in [5.41, 5.74) is -1.57. The maximum atomic E-state index is 15.5. The lowest BCUT2D eigenvalue weighted by molar-refractivity contribution is 0.127. The van der Waals surface area contributed by atoms with Gasteiger partial charge in [-0.1, -0.05) is 53.7 Å². The third kappa shape index (κ3) is 4.64. The molecule has 3 unspecified atom stereocenters. The Morgan fingerprint density at radius 3 is 1.78 bits per heavy atom. The Morgan fingerprint density at radius 1 is 1.00 bits per heavy atom. The Morgan fingerprint density at radius 2 is 1.44 bits per heavy atom. The molecule has 0 fully saturated rings. The van der Waals surface area contributed by atoms with Gasteiger partial charge in [-0.05, 0) is 30.2 Å². The van der Waals surface area contributed by atoms with Crippen LogP contribution in [0.15, 0.2) is 38.5 Å². The molecule has 4 nitrogen and oxygen atoms in total. The van der Waals surface area contributed by atoms with Crippen LogP contribution in [-0.4, -0.2) is 29.4 Å². The van der Waals surface area contributed by atoms with Crippen molar-refractivity contribution in [2.45, 2.75) is 83.0 Å². The quantitative estimate of drug-likeness (QED) is 0.277. The summed E-state index contributed by atoms with van der Waals surface area (Å²) in [4.78, 5) is -3.34. The smallest absolute Gasteiger partial charge is 0.296 e. The average Bonchev–Trinajstić information content (AvgIpc) is 2.64. The predicted molar refractivity (Wildman–Crippen MR) is 117 cm³/mol. The Labute approximate surface area is 189 Å². The second-order valence-corrected chi connectivity index (χ2v) is 11.7. The van der Waals surface area contributed by atoms with E-state index in [9.17, 15) is 26.1 Å². The van der Waals surface area contributed by atoms with Gasteiger partial charge >= 0.3 is 0 Å². The van der Waals surface area contributed by atoms with E-state index < -0.39 is 54.6 Å². The molecular weight excluding hydrogens is 468 g/mol. The molecule has 0 aliphatic heterocycles. The third-order valence-electron chi connectivity index (χ3n) is 5.49. The zero-order valence-electron chi connectivity index (χ0n) is 19.0. The van der Waals surface area contributed by atoms with Crippen LogP contribution in [-0.2, 0) is 21.3 Å². The second kappa shape index (κ2) is 9.12. The van der Waals surface area contributed by atoms with Crippen LogP contribution in [0.2, 0.25) is 0 Å². The molecule has 10 heteroatoms. The summed E-state index contributed by atoms with van der Waals surface area (Å²) in [6, 6.07) is 3.52. The van der Waals surface area contributed by atoms with E-state index in [1.54, 1.807) is 39.8 Å². The maximum absolute atomic E-state index is 15.5. The van der Waals surface area contributed by atoms with Gasteiger partial charge in [0.1, 0.15) is 4.91 Å². The van der Waals surface area contributed by atoms with Crippen molar-refractivity contribution in [1.82, 2.24) is 0 Å². The summed E-state index contributed by atoms with van der Waals surface area (Å²) in [6.45, 7) is 11.5. The maximum Gasteiger partial charge on any atom is 0.296 e. The van der Waals surface area contributed by atoms with Gasteiger partial charge in [-0.2, -0.15) is 12.8 Å². The molecule has 0 heterocycles. The zero-order chi connectivity index (χ0) is 24.9. The van der Waals surface area contributed by atoms with Crippen molar-refractivity contribution in [2.24, 2.45) is 0 Å². The van der Waals surface area contributed by atoms with E-state index in [-0.39, 0.29) is 22.6 Å². The second-order valence-electron chi connectivity index (χ2n) is 9.00. The fraction of sp³-hybridized carbons (Fsp3) is 0.545. The summed E-state index contributed by atoms with van der Waals surface area (Å²) in [6.07, 6.45) is -3.28. The number of benzene rings is 1. The van der Waals surface area contributed by atoms with Crippen molar-refractivity contribution in [3.05, 3.63) is 50.3 Å². The normalized spacial score (nSPS) is 23.7. The van der Waals surface area contributed by atoms with Crippen molar-refractivity contribution in [1.29, 1.82) is 0 Å². The van der Waals surface area contributed by atoms with E-state index in [1.807, 2.05) is 13.8 Å². The van der Waals surface area contributed by atoms with Crippen molar-refractivity contribution in [3.63, 3.8) is 0 Å². The lowest BCUT2D eigenvalue weighted by Gasteiger charge is -2.33. The molecule has 3 atom stereocenters. The molecular formula is C22H28F4O4S2. The van der Waals surface area contributed by atoms with Crippen LogP contribution in [0.4, 0.5) is 17.6 Å². The molecule has 0 amide bonds. The predicted octanol–water partition coefficient (Wildman–Crippen LogP) is 6.49. The Kier molecular flexibility index (Phi) is 7.66. The highest BCUT2D eigenvalue weighted by Gasteiger charge is 2.58. The van der Waals surface area contributed by atoms with E-state index in [0.717, 1.165) is 5.56 Å². The van der Waals surface area contributed by atoms with Crippen LogP contribution < -0.4 is 0 Å². The highest BCUT2D eigenvalue weighted by atomic mass is 32.2. The van der Waals surface area contributed by atoms with Gasteiger partial charge in [-0.15, -0.1) is 0 Å². The van der Waals surface area contributed by atoms with Crippen molar-refractivity contribution < 1.29 is 35.1 Å². The molecule has 0 aromatic heterocycles. The third-order valence-corrected chi connectivity index (χ3v) is 8.22. The highest BCUT2D eigenvalue weighted by molar-refractivity contribution is 7.95. The minimum absolute atomic E-state index is 0.0451. The Balaban J connectivity index is 2.94. The molecule has 1 N–H and O–H groups in total. The summed E-state index contributed by atoms with van der Waals surface area (Å²) in [5.74, 6) is -4.75. The first-order valence-electron chi connectivity index (χ1n) is 10.1. The fourth-order valence-electron chi connectivity index (χ4n) is 3.61. The molecule has 32 heavy (non-hydrogen) atoms. The minimum Gasteiger partial charge on any atom is -0.607 e.